The molecule has 1 atom stereocenters. The number of carbonyl (C=O) groups is 1. The zero-order valence-corrected chi connectivity index (χ0v) is 18.2. The second-order valence-corrected chi connectivity index (χ2v) is 7.71. The lowest BCUT2D eigenvalue weighted by atomic mass is 10.1. The fourth-order valence-electron chi connectivity index (χ4n) is 3.72. The fraction of sp³-hybridized carbons (Fsp3) is 0.435. The van der Waals surface area contributed by atoms with E-state index in [2.05, 4.69) is 49.2 Å². The largest absolute Gasteiger partial charge is 0.493 e. The Kier molecular flexibility index (Phi) is 6.20. The average molecular weight is 398 g/mol. The third-order valence-corrected chi connectivity index (χ3v) is 5.72. The Morgan fingerprint density at radius 3 is 2.28 bits per heavy atom. The molecule has 0 unspecified atom stereocenters. The molecule has 156 valence electrons. The van der Waals surface area contributed by atoms with E-state index in [4.69, 9.17) is 9.47 Å². The Morgan fingerprint density at radius 2 is 1.66 bits per heavy atom. The van der Waals surface area contributed by atoms with Crippen molar-refractivity contribution in [1.82, 2.24) is 4.90 Å². The molecule has 0 radical (unpaired) electrons. The minimum absolute atomic E-state index is 0.0902. The van der Waals surface area contributed by atoms with Gasteiger partial charge in [-0.25, -0.2) is 4.79 Å². The highest BCUT2D eigenvalue weighted by molar-refractivity contribution is 5.91. The SMILES string of the molecule is COc1cc(C)c(NC(=O)N2CCN(c3ccc(C)c(C)c3)C[C@H]2C)cc1OC. The second-order valence-electron chi connectivity index (χ2n) is 7.71. The van der Waals surface area contributed by atoms with E-state index in [-0.39, 0.29) is 12.1 Å². The molecule has 29 heavy (non-hydrogen) atoms. The van der Waals surface area contributed by atoms with Gasteiger partial charge in [0.1, 0.15) is 0 Å². The average Bonchev–Trinajstić information content (AvgIpc) is 2.70. The van der Waals surface area contributed by atoms with E-state index in [0.717, 1.165) is 24.3 Å². The lowest BCUT2D eigenvalue weighted by Crippen LogP contribution is -2.55. The maximum Gasteiger partial charge on any atom is 0.322 e. The van der Waals surface area contributed by atoms with E-state index in [9.17, 15) is 4.79 Å². The van der Waals surface area contributed by atoms with Crippen LogP contribution in [0.5, 0.6) is 11.5 Å². The van der Waals surface area contributed by atoms with E-state index in [0.29, 0.717) is 18.0 Å². The van der Waals surface area contributed by atoms with Gasteiger partial charge in [0.15, 0.2) is 11.5 Å². The maximum atomic E-state index is 13.0. The molecule has 6 heteroatoms. The number of methoxy groups -OCH3 is 2. The summed E-state index contributed by atoms with van der Waals surface area (Å²) in [7, 11) is 3.19. The van der Waals surface area contributed by atoms with E-state index in [1.54, 1.807) is 14.2 Å². The van der Waals surface area contributed by atoms with Gasteiger partial charge in [-0.3, -0.25) is 0 Å². The molecule has 1 fully saturated rings. The predicted molar refractivity (Wildman–Crippen MR) is 118 cm³/mol. The van der Waals surface area contributed by atoms with Crippen LogP contribution in [0.15, 0.2) is 30.3 Å². The van der Waals surface area contributed by atoms with Gasteiger partial charge in [-0.15, -0.1) is 0 Å². The van der Waals surface area contributed by atoms with Crippen molar-refractivity contribution in [3.8, 4) is 11.5 Å². The van der Waals surface area contributed by atoms with Crippen LogP contribution in [0.25, 0.3) is 0 Å². The molecule has 6 nitrogen and oxygen atoms in total. The summed E-state index contributed by atoms with van der Waals surface area (Å²) >= 11 is 0. The Balaban J connectivity index is 1.69. The summed E-state index contributed by atoms with van der Waals surface area (Å²) in [4.78, 5) is 17.2. The lowest BCUT2D eigenvalue weighted by molar-refractivity contribution is 0.185. The highest BCUT2D eigenvalue weighted by Crippen LogP contribution is 2.33. The summed E-state index contributed by atoms with van der Waals surface area (Å²) in [6.07, 6.45) is 0. The van der Waals surface area contributed by atoms with Crippen LogP contribution in [0.4, 0.5) is 16.2 Å². The number of aryl methyl sites for hydroxylation is 3. The number of nitrogens with one attached hydrogen (secondary N) is 1. The van der Waals surface area contributed by atoms with Gasteiger partial charge in [-0.05, 0) is 62.6 Å². The van der Waals surface area contributed by atoms with Crippen LogP contribution in [0, 0.1) is 20.8 Å². The van der Waals surface area contributed by atoms with Crippen molar-refractivity contribution in [1.29, 1.82) is 0 Å². The van der Waals surface area contributed by atoms with Crippen molar-refractivity contribution >= 4 is 17.4 Å². The van der Waals surface area contributed by atoms with Crippen molar-refractivity contribution in [2.75, 3.05) is 44.1 Å². The highest BCUT2D eigenvalue weighted by atomic mass is 16.5. The Bertz CT molecular complexity index is 897. The molecule has 1 aliphatic rings. The monoisotopic (exact) mass is 397 g/mol. The first-order chi connectivity index (χ1) is 13.8. The van der Waals surface area contributed by atoms with Crippen LogP contribution in [0.3, 0.4) is 0 Å². The molecule has 0 bridgehead atoms. The quantitative estimate of drug-likeness (QED) is 0.832. The first-order valence-electron chi connectivity index (χ1n) is 9.96. The van der Waals surface area contributed by atoms with Crippen molar-refractivity contribution in [2.45, 2.75) is 33.7 Å². The minimum atomic E-state index is -0.0902. The van der Waals surface area contributed by atoms with Gasteiger partial charge in [-0.1, -0.05) is 6.07 Å². The van der Waals surface area contributed by atoms with Crippen LogP contribution < -0.4 is 19.7 Å². The first kappa shape index (κ1) is 20.8. The van der Waals surface area contributed by atoms with Crippen molar-refractivity contribution in [3.05, 3.63) is 47.0 Å². The standard InChI is InChI=1S/C23H31N3O3/c1-15-7-8-19(11-16(15)2)25-9-10-26(18(4)14-25)23(27)24-20-13-22(29-6)21(28-5)12-17(20)3/h7-8,11-13,18H,9-10,14H2,1-6H3,(H,24,27)/t18-/m1/s1. The fourth-order valence-corrected chi connectivity index (χ4v) is 3.72. The topological polar surface area (TPSA) is 54.0 Å². The third-order valence-electron chi connectivity index (χ3n) is 5.72. The van der Waals surface area contributed by atoms with Crippen molar-refractivity contribution in [2.24, 2.45) is 0 Å². The van der Waals surface area contributed by atoms with Crippen LogP contribution in [0.1, 0.15) is 23.6 Å². The molecule has 1 saturated heterocycles. The zero-order chi connectivity index (χ0) is 21.1. The van der Waals surface area contributed by atoms with Gasteiger partial charge in [-0.2, -0.15) is 0 Å². The van der Waals surface area contributed by atoms with Gasteiger partial charge >= 0.3 is 6.03 Å². The molecule has 2 amide bonds. The van der Waals surface area contributed by atoms with Gasteiger partial charge < -0.3 is 24.6 Å². The number of rotatable bonds is 4. The number of benzene rings is 2. The molecule has 3 rings (SSSR count). The summed E-state index contributed by atoms with van der Waals surface area (Å²) in [5, 5.41) is 3.04. The molecule has 0 aliphatic carbocycles. The third kappa shape index (κ3) is 4.42. The number of hydrogen-bond donors (Lipinski definition) is 1. The predicted octanol–water partition coefficient (Wildman–Crippen LogP) is 4.37. The van der Waals surface area contributed by atoms with Crippen LogP contribution >= 0.6 is 0 Å². The van der Waals surface area contributed by atoms with E-state index >= 15 is 0 Å². The molecular formula is C23H31N3O3. The zero-order valence-electron chi connectivity index (χ0n) is 18.2. The number of ether oxygens (including phenoxy) is 2. The Morgan fingerprint density at radius 1 is 0.966 bits per heavy atom. The summed E-state index contributed by atoms with van der Waals surface area (Å²) in [5.74, 6) is 1.25. The van der Waals surface area contributed by atoms with Crippen LogP contribution in [0.2, 0.25) is 0 Å². The summed E-state index contributed by atoms with van der Waals surface area (Å²) in [6, 6.07) is 10.2. The molecule has 0 aromatic heterocycles. The lowest BCUT2D eigenvalue weighted by Gasteiger charge is -2.41. The van der Waals surface area contributed by atoms with E-state index in [1.807, 2.05) is 24.0 Å². The Hall–Kier alpha value is -2.89. The van der Waals surface area contributed by atoms with E-state index < -0.39 is 0 Å². The number of anilines is 2. The number of amides is 2. The molecule has 1 heterocycles. The molecule has 1 aliphatic heterocycles. The molecule has 2 aromatic carbocycles. The molecule has 2 aromatic rings. The summed E-state index contributed by atoms with van der Waals surface area (Å²) < 4.78 is 10.7. The smallest absolute Gasteiger partial charge is 0.322 e. The molecule has 0 saturated carbocycles. The van der Waals surface area contributed by atoms with Crippen LogP contribution in [-0.2, 0) is 0 Å². The number of urea groups is 1. The normalized spacial score (nSPS) is 16.6. The molecular weight excluding hydrogens is 366 g/mol. The van der Waals surface area contributed by atoms with Gasteiger partial charge in [0.2, 0.25) is 0 Å². The molecule has 1 N–H and O–H groups in total. The second kappa shape index (κ2) is 8.64. The van der Waals surface area contributed by atoms with Gasteiger partial charge in [0.05, 0.1) is 14.2 Å². The first-order valence-corrected chi connectivity index (χ1v) is 9.96. The van der Waals surface area contributed by atoms with E-state index in [1.165, 1.54) is 16.8 Å². The number of hydrogen-bond acceptors (Lipinski definition) is 4. The maximum absolute atomic E-state index is 13.0. The summed E-state index contributed by atoms with van der Waals surface area (Å²) in [6.45, 7) is 10.6. The minimum Gasteiger partial charge on any atom is -0.493 e. The number of carbonyl (C=O) groups excluding carboxylic acids is 1. The van der Waals surface area contributed by atoms with Gasteiger partial charge in [0, 0.05) is 43.1 Å². The van der Waals surface area contributed by atoms with Crippen molar-refractivity contribution in [3.63, 3.8) is 0 Å². The number of piperazine rings is 1. The highest BCUT2D eigenvalue weighted by Gasteiger charge is 2.28. The van der Waals surface area contributed by atoms with Crippen LogP contribution in [-0.4, -0.2) is 50.8 Å². The number of nitrogens with zero attached hydrogens (tertiary/aromatic N) is 2. The molecule has 0 spiro atoms. The Labute approximate surface area is 173 Å². The van der Waals surface area contributed by atoms with Crippen molar-refractivity contribution < 1.29 is 14.3 Å². The summed E-state index contributed by atoms with van der Waals surface area (Å²) in [5.41, 5.74) is 5.47. The van der Waals surface area contributed by atoms with Gasteiger partial charge in [0.25, 0.3) is 0 Å².